The highest BCUT2D eigenvalue weighted by molar-refractivity contribution is 7.85. The zero-order chi connectivity index (χ0) is 15.1. The first kappa shape index (κ1) is 14.6. The molecule has 2 aromatic rings. The standard InChI is InChI=1S/C18H16S4/c1-11-3-5-13(19-11)15-7-9-17(21-15)18-10-8-16(22-18)14-6-4-12(2)20-14/h3-10,17-18H,1-2H3/q+2. The van der Waals surface area contributed by atoms with Crippen LogP contribution in [-0.4, -0.2) is 20.2 Å². The van der Waals surface area contributed by atoms with Crippen molar-refractivity contribution in [2.24, 2.45) is 0 Å². The van der Waals surface area contributed by atoms with E-state index < -0.39 is 0 Å². The van der Waals surface area contributed by atoms with Crippen molar-refractivity contribution in [3.05, 3.63) is 68.1 Å². The van der Waals surface area contributed by atoms with E-state index in [0.29, 0.717) is 10.5 Å². The molecule has 0 bridgehead atoms. The molecule has 0 fully saturated rings. The third kappa shape index (κ3) is 2.81. The summed E-state index contributed by atoms with van der Waals surface area (Å²) >= 11 is 7.81. The molecule has 2 aromatic heterocycles. The van der Waals surface area contributed by atoms with Crippen molar-refractivity contribution < 1.29 is 0 Å². The average molecular weight is 361 g/mol. The second-order valence-electron chi connectivity index (χ2n) is 5.43. The summed E-state index contributed by atoms with van der Waals surface area (Å²) in [5.74, 6) is 0. The second kappa shape index (κ2) is 5.93. The molecule has 0 amide bonds. The normalized spacial score (nSPS) is 23.2. The van der Waals surface area contributed by atoms with Gasteiger partial charge in [-0.05, 0) is 50.3 Å². The average Bonchev–Trinajstić information content (AvgIpc) is 3.24. The van der Waals surface area contributed by atoms with Gasteiger partial charge in [-0.3, -0.25) is 0 Å². The van der Waals surface area contributed by atoms with Crippen molar-refractivity contribution >= 4 is 55.1 Å². The zero-order valence-corrected chi connectivity index (χ0v) is 15.7. The zero-order valence-electron chi connectivity index (χ0n) is 12.4. The lowest BCUT2D eigenvalue weighted by molar-refractivity contribution is 1.12. The van der Waals surface area contributed by atoms with Crippen molar-refractivity contribution in [3.63, 3.8) is 0 Å². The van der Waals surface area contributed by atoms with Crippen LogP contribution in [0.25, 0.3) is 0 Å². The van der Waals surface area contributed by atoms with E-state index in [1.54, 1.807) is 0 Å². The Morgan fingerprint density at radius 2 is 1.18 bits per heavy atom. The third-order valence-corrected chi connectivity index (χ3v) is 8.85. The van der Waals surface area contributed by atoms with Gasteiger partial charge in [-0.15, -0.1) is 22.7 Å². The summed E-state index contributed by atoms with van der Waals surface area (Å²) in [5, 5.41) is 1.11. The van der Waals surface area contributed by atoms with E-state index in [-0.39, 0.29) is 0 Å². The Morgan fingerprint density at radius 3 is 1.55 bits per heavy atom. The van der Waals surface area contributed by atoms with E-state index in [0.717, 1.165) is 0 Å². The quantitative estimate of drug-likeness (QED) is 0.568. The minimum absolute atomic E-state index is 0.553. The molecule has 22 heavy (non-hydrogen) atoms. The largest absolute Gasteiger partial charge is 0.264 e. The highest BCUT2D eigenvalue weighted by atomic mass is 32.1. The predicted molar refractivity (Wildman–Crippen MR) is 107 cm³/mol. The number of hydrogen-bond acceptors (Lipinski definition) is 2. The van der Waals surface area contributed by atoms with Gasteiger partial charge in [-0.1, -0.05) is 0 Å². The number of rotatable bonds is 3. The monoisotopic (exact) mass is 360 g/mol. The molecule has 0 spiro atoms. The minimum atomic E-state index is 0.553. The van der Waals surface area contributed by atoms with E-state index in [2.05, 4.69) is 62.4 Å². The van der Waals surface area contributed by atoms with Gasteiger partial charge < -0.3 is 0 Å². The molecule has 4 heterocycles. The van der Waals surface area contributed by atoms with Gasteiger partial charge in [0.15, 0.2) is 22.7 Å². The molecule has 0 aromatic carbocycles. The second-order valence-corrected chi connectivity index (χ2v) is 10.4. The molecule has 0 saturated carbocycles. The maximum absolute atomic E-state index is 2.37. The molecule has 110 valence electrons. The number of hydrogen-bond donors (Lipinski definition) is 0. The lowest BCUT2D eigenvalue weighted by atomic mass is 10.2. The molecule has 0 N–H and O–H groups in total. The molecule has 4 heteroatoms. The first-order valence-corrected chi connectivity index (χ1v) is 10.7. The van der Waals surface area contributed by atoms with E-state index in [9.17, 15) is 0 Å². The number of thiophene rings is 2. The highest BCUT2D eigenvalue weighted by Gasteiger charge is 2.42. The molecular formula is C18H16S4+2. The van der Waals surface area contributed by atoms with Crippen molar-refractivity contribution in [1.29, 1.82) is 0 Å². The molecular weight excluding hydrogens is 344 g/mol. The maximum Gasteiger partial charge on any atom is 0.264 e. The fraction of sp³-hybridized carbons (Fsp3) is 0.222. The van der Waals surface area contributed by atoms with E-state index in [4.69, 9.17) is 0 Å². The highest BCUT2D eigenvalue weighted by Crippen LogP contribution is 2.24. The fourth-order valence-electron chi connectivity index (χ4n) is 2.58. The summed E-state index contributed by atoms with van der Waals surface area (Å²) in [7, 11) is 0. The summed E-state index contributed by atoms with van der Waals surface area (Å²) in [4.78, 5) is 8.45. The first-order valence-electron chi connectivity index (χ1n) is 7.26. The molecule has 0 nitrogen and oxygen atoms in total. The lowest BCUT2D eigenvalue weighted by Crippen LogP contribution is -2.18. The van der Waals surface area contributed by atoms with Crippen LogP contribution in [0.3, 0.4) is 0 Å². The van der Waals surface area contributed by atoms with Crippen molar-refractivity contribution in [2.75, 3.05) is 0 Å². The van der Waals surface area contributed by atoms with Crippen LogP contribution in [-0.2, 0) is 22.7 Å². The van der Waals surface area contributed by atoms with Crippen molar-refractivity contribution in [1.82, 2.24) is 0 Å². The van der Waals surface area contributed by atoms with E-state index in [1.807, 2.05) is 45.4 Å². The van der Waals surface area contributed by atoms with Crippen molar-refractivity contribution in [3.8, 4) is 0 Å². The smallest absolute Gasteiger partial charge is 0.135 e. The van der Waals surface area contributed by atoms with Crippen LogP contribution in [0.1, 0.15) is 19.5 Å². The van der Waals surface area contributed by atoms with Gasteiger partial charge in [-0.2, -0.15) is 0 Å². The summed E-state index contributed by atoms with van der Waals surface area (Å²) in [6.07, 6.45) is 9.37. The first-order chi connectivity index (χ1) is 10.7. The summed E-state index contributed by atoms with van der Waals surface area (Å²) in [6, 6.07) is 8.92. The molecule has 0 aliphatic carbocycles. The fourth-order valence-corrected chi connectivity index (χ4v) is 7.06. The topological polar surface area (TPSA) is 0 Å². The van der Waals surface area contributed by atoms with Gasteiger partial charge >= 0.3 is 0 Å². The Hall–Kier alpha value is -0.940. The molecule has 2 aliphatic heterocycles. The van der Waals surface area contributed by atoms with Gasteiger partial charge in [0.25, 0.3) is 10.5 Å². The summed E-state index contributed by atoms with van der Waals surface area (Å²) < 4.78 is 0. The van der Waals surface area contributed by atoms with Crippen LogP contribution in [0, 0.1) is 13.8 Å². The van der Waals surface area contributed by atoms with Gasteiger partial charge in [0.05, 0.1) is 9.75 Å². The Labute approximate surface area is 147 Å². The molecule has 0 saturated heterocycles. The number of aryl methyl sites for hydroxylation is 2. The minimum Gasteiger partial charge on any atom is -0.135 e. The predicted octanol–water partition coefficient (Wildman–Crippen LogP) is 4.21. The van der Waals surface area contributed by atoms with Crippen molar-refractivity contribution in [2.45, 2.75) is 24.3 Å². The van der Waals surface area contributed by atoms with E-state index >= 15 is 0 Å². The molecule has 2 atom stereocenters. The van der Waals surface area contributed by atoms with Crippen LogP contribution in [0.5, 0.6) is 0 Å². The maximum atomic E-state index is 2.37. The van der Waals surface area contributed by atoms with Crippen LogP contribution in [0.2, 0.25) is 0 Å². The Morgan fingerprint density at radius 1 is 0.727 bits per heavy atom. The summed E-state index contributed by atoms with van der Waals surface area (Å²) in [6.45, 7) is 4.35. The van der Waals surface area contributed by atoms with Gasteiger partial charge in [-0.25, -0.2) is 0 Å². The van der Waals surface area contributed by atoms with E-state index in [1.165, 1.54) is 29.2 Å². The van der Waals surface area contributed by atoms with Crippen LogP contribution < -0.4 is 0 Å². The van der Waals surface area contributed by atoms with Gasteiger partial charge in [0.2, 0.25) is 9.73 Å². The molecule has 4 rings (SSSR count). The Kier molecular flexibility index (Phi) is 3.95. The molecule has 2 unspecified atom stereocenters. The SMILES string of the molecule is Cc1ccc(C2=[S+]C(C3C=CC(c4ccc(C)s4)=[S+]3)C=C2)s1. The molecule has 2 aliphatic rings. The van der Waals surface area contributed by atoms with Crippen LogP contribution >= 0.6 is 22.7 Å². The lowest BCUT2D eigenvalue weighted by Gasteiger charge is -1.88. The third-order valence-electron chi connectivity index (χ3n) is 3.69. The van der Waals surface area contributed by atoms with Gasteiger partial charge in [0.1, 0.15) is 0 Å². The van der Waals surface area contributed by atoms with Crippen LogP contribution in [0.15, 0.2) is 48.6 Å². The Bertz CT molecular complexity index is 759. The summed E-state index contributed by atoms with van der Waals surface area (Å²) in [5.41, 5.74) is 0. The van der Waals surface area contributed by atoms with Crippen LogP contribution in [0.4, 0.5) is 0 Å². The Balaban J connectivity index is 1.55. The van der Waals surface area contributed by atoms with Gasteiger partial charge in [0, 0.05) is 21.9 Å². The number of allylic oxidation sites excluding steroid dienone is 2. The molecule has 0 radical (unpaired) electrons.